The molecule has 1 heteroatoms. The van der Waals surface area contributed by atoms with Crippen LogP contribution < -0.4 is 5.32 Å². The highest BCUT2D eigenvalue weighted by molar-refractivity contribution is 4.77. The molecule has 1 fully saturated rings. The summed E-state index contributed by atoms with van der Waals surface area (Å²) in [6, 6.07) is 0.780. The first-order chi connectivity index (χ1) is 8.65. The van der Waals surface area contributed by atoms with E-state index in [0.29, 0.717) is 0 Å². The molecule has 1 aliphatic rings. The summed E-state index contributed by atoms with van der Waals surface area (Å²) in [6.07, 6.45) is 11.2. The molecule has 0 spiro atoms. The van der Waals surface area contributed by atoms with E-state index in [1.807, 2.05) is 0 Å². The van der Waals surface area contributed by atoms with E-state index >= 15 is 0 Å². The van der Waals surface area contributed by atoms with Crippen molar-refractivity contribution in [1.82, 2.24) is 5.32 Å². The second kappa shape index (κ2) is 8.96. The van der Waals surface area contributed by atoms with Gasteiger partial charge in [0.1, 0.15) is 0 Å². The Hall–Kier alpha value is -0.0400. The molecule has 0 amide bonds. The predicted molar refractivity (Wildman–Crippen MR) is 81.9 cm³/mol. The Morgan fingerprint density at radius 3 is 2.17 bits per heavy atom. The summed E-state index contributed by atoms with van der Waals surface area (Å²) in [7, 11) is 0. The van der Waals surface area contributed by atoms with Crippen LogP contribution in [0.15, 0.2) is 0 Å². The highest BCUT2D eigenvalue weighted by Gasteiger charge is 2.24. The Morgan fingerprint density at radius 1 is 0.944 bits per heavy atom. The van der Waals surface area contributed by atoms with Crippen molar-refractivity contribution in [3.8, 4) is 0 Å². The van der Waals surface area contributed by atoms with Crippen LogP contribution in [-0.4, -0.2) is 12.6 Å². The number of rotatable bonds is 8. The van der Waals surface area contributed by atoms with Gasteiger partial charge in [-0.25, -0.2) is 0 Å². The van der Waals surface area contributed by atoms with Gasteiger partial charge in [0.2, 0.25) is 0 Å². The molecule has 1 nitrogen and oxygen atoms in total. The fourth-order valence-electron chi connectivity index (χ4n) is 3.83. The molecule has 3 atom stereocenters. The van der Waals surface area contributed by atoms with Crippen molar-refractivity contribution < 1.29 is 0 Å². The minimum Gasteiger partial charge on any atom is -0.314 e. The molecule has 0 saturated heterocycles. The first-order valence-corrected chi connectivity index (χ1v) is 8.39. The first-order valence-electron chi connectivity index (χ1n) is 8.39. The highest BCUT2D eigenvalue weighted by atomic mass is 14.9. The van der Waals surface area contributed by atoms with E-state index in [1.54, 1.807) is 0 Å². The van der Waals surface area contributed by atoms with Gasteiger partial charge in [0.25, 0.3) is 0 Å². The Labute approximate surface area is 115 Å². The van der Waals surface area contributed by atoms with Crippen LogP contribution >= 0.6 is 0 Å². The average Bonchev–Trinajstić information content (AvgIpc) is 2.31. The van der Waals surface area contributed by atoms with Crippen molar-refractivity contribution in [1.29, 1.82) is 0 Å². The van der Waals surface area contributed by atoms with Crippen LogP contribution in [0.4, 0.5) is 0 Å². The molecular weight excluding hydrogens is 218 g/mol. The molecule has 0 aromatic carbocycles. The number of hydrogen-bond acceptors (Lipinski definition) is 1. The lowest BCUT2D eigenvalue weighted by atomic mass is 9.74. The fourth-order valence-corrected chi connectivity index (χ4v) is 3.83. The second-order valence-electron chi connectivity index (χ2n) is 6.80. The quantitative estimate of drug-likeness (QED) is 0.641. The van der Waals surface area contributed by atoms with E-state index in [2.05, 4.69) is 33.0 Å². The lowest BCUT2D eigenvalue weighted by Gasteiger charge is -2.32. The van der Waals surface area contributed by atoms with E-state index in [1.165, 1.54) is 57.9 Å². The van der Waals surface area contributed by atoms with Crippen molar-refractivity contribution in [2.24, 2.45) is 17.8 Å². The molecule has 1 rings (SSSR count). The number of hydrogen-bond donors (Lipinski definition) is 1. The molecule has 108 valence electrons. The summed E-state index contributed by atoms with van der Waals surface area (Å²) >= 11 is 0. The summed E-state index contributed by atoms with van der Waals surface area (Å²) < 4.78 is 0. The minimum atomic E-state index is 0.780. The van der Waals surface area contributed by atoms with E-state index in [0.717, 1.165) is 23.8 Å². The number of nitrogens with one attached hydrogen (secondary N) is 1. The molecule has 1 N–H and O–H groups in total. The van der Waals surface area contributed by atoms with Gasteiger partial charge in [0.15, 0.2) is 0 Å². The summed E-state index contributed by atoms with van der Waals surface area (Å²) in [4.78, 5) is 0. The first kappa shape index (κ1) is 16.0. The fraction of sp³-hybridized carbons (Fsp3) is 1.00. The average molecular weight is 253 g/mol. The summed E-state index contributed by atoms with van der Waals surface area (Å²) in [5, 5.41) is 3.73. The lowest BCUT2D eigenvalue weighted by molar-refractivity contribution is 0.201. The van der Waals surface area contributed by atoms with Crippen LogP contribution in [0.5, 0.6) is 0 Å². The summed E-state index contributed by atoms with van der Waals surface area (Å²) in [6.45, 7) is 10.7. The van der Waals surface area contributed by atoms with Gasteiger partial charge in [0, 0.05) is 6.04 Å². The molecule has 3 unspecified atom stereocenters. The van der Waals surface area contributed by atoms with Crippen LogP contribution in [0.3, 0.4) is 0 Å². The van der Waals surface area contributed by atoms with Crippen molar-refractivity contribution >= 4 is 0 Å². The lowest BCUT2D eigenvalue weighted by Crippen LogP contribution is -2.31. The molecule has 0 aromatic rings. The molecular formula is C17H35N. The topological polar surface area (TPSA) is 12.0 Å². The van der Waals surface area contributed by atoms with Crippen LogP contribution in [0.2, 0.25) is 0 Å². The minimum absolute atomic E-state index is 0.780. The predicted octanol–water partition coefficient (Wildman–Crippen LogP) is 5.01. The van der Waals surface area contributed by atoms with Gasteiger partial charge in [-0.05, 0) is 69.2 Å². The molecule has 0 radical (unpaired) electrons. The molecule has 0 aliphatic heterocycles. The Morgan fingerprint density at radius 2 is 1.61 bits per heavy atom. The SMILES string of the molecule is CCCNC(CCC)CCC1CC(C)CC(C)C1. The van der Waals surface area contributed by atoms with Crippen molar-refractivity contribution in [3.05, 3.63) is 0 Å². The molecule has 18 heavy (non-hydrogen) atoms. The third kappa shape index (κ3) is 6.22. The van der Waals surface area contributed by atoms with Crippen molar-refractivity contribution in [2.75, 3.05) is 6.54 Å². The molecule has 0 bridgehead atoms. The third-order valence-corrected chi connectivity index (χ3v) is 4.52. The second-order valence-corrected chi connectivity index (χ2v) is 6.80. The molecule has 1 saturated carbocycles. The smallest absolute Gasteiger partial charge is 0.00670 e. The van der Waals surface area contributed by atoms with Crippen molar-refractivity contribution in [3.63, 3.8) is 0 Å². The van der Waals surface area contributed by atoms with Gasteiger partial charge in [-0.2, -0.15) is 0 Å². The van der Waals surface area contributed by atoms with Gasteiger partial charge in [-0.15, -0.1) is 0 Å². The zero-order chi connectivity index (χ0) is 13.4. The standard InChI is InChI=1S/C17H35N/c1-5-7-17(18-10-6-2)9-8-16-12-14(3)11-15(4)13-16/h14-18H,5-13H2,1-4H3. The van der Waals surface area contributed by atoms with Crippen LogP contribution in [0.25, 0.3) is 0 Å². The Balaban J connectivity index is 2.27. The zero-order valence-corrected chi connectivity index (χ0v) is 13.2. The summed E-state index contributed by atoms with van der Waals surface area (Å²) in [5.74, 6) is 2.94. The molecule has 1 aliphatic carbocycles. The molecule has 0 aromatic heterocycles. The van der Waals surface area contributed by atoms with Crippen LogP contribution in [0, 0.1) is 17.8 Å². The van der Waals surface area contributed by atoms with Gasteiger partial charge in [-0.3, -0.25) is 0 Å². The van der Waals surface area contributed by atoms with E-state index < -0.39 is 0 Å². The zero-order valence-electron chi connectivity index (χ0n) is 13.2. The van der Waals surface area contributed by atoms with Gasteiger partial charge < -0.3 is 5.32 Å². The Kier molecular flexibility index (Phi) is 7.97. The Bertz CT molecular complexity index is 192. The van der Waals surface area contributed by atoms with Gasteiger partial charge in [-0.1, -0.05) is 34.1 Å². The maximum Gasteiger partial charge on any atom is 0.00670 e. The van der Waals surface area contributed by atoms with Gasteiger partial charge in [0.05, 0.1) is 0 Å². The van der Waals surface area contributed by atoms with Crippen molar-refractivity contribution in [2.45, 2.75) is 85.1 Å². The van der Waals surface area contributed by atoms with Gasteiger partial charge >= 0.3 is 0 Å². The van der Waals surface area contributed by atoms with E-state index in [4.69, 9.17) is 0 Å². The van der Waals surface area contributed by atoms with Crippen LogP contribution in [0.1, 0.15) is 79.1 Å². The maximum atomic E-state index is 3.73. The monoisotopic (exact) mass is 253 g/mol. The highest BCUT2D eigenvalue weighted by Crippen LogP contribution is 2.35. The van der Waals surface area contributed by atoms with E-state index in [-0.39, 0.29) is 0 Å². The third-order valence-electron chi connectivity index (χ3n) is 4.52. The van der Waals surface area contributed by atoms with E-state index in [9.17, 15) is 0 Å². The largest absolute Gasteiger partial charge is 0.314 e. The van der Waals surface area contributed by atoms with Crippen LogP contribution in [-0.2, 0) is 0 Å². The molecule has 0 heterocycles. The maximum absolute atomic E-state index is 3.73. The summed E-state index contributed by atoms with van der Waals surface area (Å²) in [5.41, 5.74) is 0. The normalized spacial score (nSPS) is 30.3.